The Morgan fingerprint density at radius 3 is 2.61 bits per heavy atom. The molecule has 23 heavy (non-hydrogen) atoms. The Morgan fingerprint density at radius 2 is 2.13 bits per heavy atom. The highest BCUT2D eigenvalue weighted by Crippen LogP contribution is 2.44. The lowest BCUT2D eigenvalue weighted by Crippen LogP contribution is -2.50. The number of rotatable bonds is 6. The van der Waals surface area contributed by atoms with Gasteiger partial charge in [0.15, 0.2) is 14.8 Å². The molecule has 0 bridgehead atoms. The Morgan fingerprint density at radius 1 is 1.48 bits per heavy atom. The summed E-state index contributed by atoms with van der Waals surface area (Å²) < 4.78 is 11.5. The summed E-state index contributed by atoms with van der Waals surface area (Å²) in [7, 11) is -1.42. The molecule has 1 heterocycles. The van der Waals surface area contributed by atoms with Crippen molar-refractivity contribution in [3.63, 3.8) is 0 Å². The molecule has 0 unspecified atom stereocenters. The van der Waals surface area contributed by atoms with E-state index in [1.807, 2.05) is 6.08 Å². The van der Waals surface area contributed by atoms with Crippen molar-refractivity contribution in [3.05, 3.63) is 24.8 Å². The van der Waals surface area contributed by atoms with E-state index >= 15 is 0 Å². The van der Waals surface area contributed by atoms with E-state index in [0.717, 1.165) is 0 Å². The molecular weight excluding hydrogens is 310 g/mol. The Balaban J connectivity index is 3.18. The zero-order valence-electron chi connectivity index (χ0n) is 15.0. The molecule has 6 heteroatoms. The smallest absolute Gasteiger partial charge is 0.412 e. The fourth-order valence-electron chi connectivity index (χ4n) is 2.87. The number of amides is 1. The van der Waals surface area contributed by atoms with Crippen molar-refractivity contribution in [1.82, 2.24) is 4.90 Å². The molecule has 1 amide bonds. The summed E-state index contributed by atoms with van der Waals surface area (Å²) >= 11 is 0. The highest BCUT2D eigenvalue weighted by Gasteiger charge is 2.51. The quantitative estimate of drug-likeness (QED) is 0.596. The van der Waals surface area contributed by atoms with Crippen LogP contribution in [-0.2, 0) is 9.16 Å². The fourth-order valence-corrected chi connectivity index (χ4v) is 3.99. The molecule has 132 valence electrons. The van der Waals surface area contributed by atoms with Crippen molar-refractivity contribution in [2.45, 2.75) is 46.0 Å². The van der Waals surface area contributed by atoms with Crippen molar-refractivity contribution < 1.29 is 19.1 Å². The van der Waals surface area contributed by atoms with Crippen LogP contribution < -0.4 is 0 Å². The third kappa shape index (κ3) is 5.19. The lowest BCUT2D eigenvalue weighted by Gasteiger charge is -2.37. The minimum absolute atomic E-state index is 0.0493. The van der Waals surface area contributed by atoms with Crippen molar-refractivity contribution in [1.29, 1.82) is 0 Å². The van der Waals surface area contributed by atoms with Gasteiger partial charge < -0.3 is 14.3 Å². The van der Waals surface area contributed by atoms with Crippen LogP contribution in [0.1, 0.15) is 27.2 Å². The molecule has 1 rings (SSSR count). The molecule has 1 saturated heterocycles. The maximum atomic E-state index is 12.5. The molecule has 1 N–H and O–H groups in total. The lowest BCUT2D eigenvalue weighted by molar-refractivity contribution is -0.0135. The second kappa shape index (κ2) is 8.12. The van der Waals surface area contributed by atoms with E-state index in [2.05, 4.69) is 40.4 Å². The average molecular weight is 342 g/mol. The molecule has 0 aromatic heterocycles. The predicted octanol–water partition coefficient (Wildman–Crippen LogP) is 2.92. The average Bonchev–Trinajstić information content (AvgIpc) is 2.81. The van der Waals surface area contributed by atoms with Gasteiger partial charge in [-0.05, 0) is 30.5 Å². The molecule has 0 aromatic rings. The van der Waals surface area contributed by atoms with Gasteiger partial charge in [0.2, 0.25) is 0 Å². The zero-order valence-corrected chi connectivity index (χ0v) is 16.2. The number of nitrogens with zero attached hydrogens (tertiary/aromatic N) is 1. The first-order chi connectivity index (χ1) is 10.7. The van der Waals surface area contributed by atoms with Crippen molar-refractivity contribution in [3.8, 4) is 0 Å². The number of carbonyl (C=O) groups excluding carboxylic acids is 1. The van der Waals surface area contributed by atoms with Crippen molar-refractivity contribution in [2.75, 3.05) is 19.8 Å². The zero-order chi connectivity index (χ0) is 17.7. The molecular formula is C17H31NO4Si. The van der Waals surface area contributed by atoms with Crippen LogP contribution in [-0.4, -0.2) is 50.6 Å². The highest BCUT2D eigenvalue weighted by atomic mass is 28.3. The standard InChI is InChI=1S/C17H31NO4Si/c1-7-11-21-15(20)18-13-14(16(2,3)4)12-17(18,9-8-10-19)22-23(5)6/h7-9,14,19,23H,1,10-13H2,2-6H3/t14-,17+/m0/s1. The summed E-state index contributed by atoms with van der Waals surface area (Å²) in [6.07, 6.45) is 5.34. The molecule has 0 spiro atoms. The predicted molar refractivity (Wildman–Crippen MR) is 94.7 cm³/mol. The van der Waals surface area contributed by atoms with Gasteiger partial charge in [-0.2, -0.15) is 0 Å². The van der Waals surface area contributed by atoms with Crippen LogP contribution in [0.2, 0.25) is 13.1 Å². The highest BCUT2D eigenvalue weighted by molar-refractivity contribution is 6.48. The van der Waals surface area contributed by atoms with Gasteiger partial charge in [-0.1, -0.05) is 39.5 Å². The van der Waals surface area contributed by atoms with Crippen LogP contribution in [0.25, 0.3) is 0 Å². The van der Waals surface area contributed by atoms with Gasteiger partial charge in [0, 0.05) is 13.0 Å². The molecule has 2 atom stereocenters. The summed E-state index contributed by atoms with van der Waals surface area (Å²) in [5.41, 5.74) is -0.771. The van der Waals surface area contributed by atoms with Gasteiger partial charge in [-0.3, -0.25) is 4.90 Å². The van der Waals surface area contributed by atoms with Gasteiger partial charge in [0.25, 0.3) is 0 Å². The Labute approximate surface area is 141 Å². The van der Waals surface area contributed by atoms with Crippen molar-refractivity contribution in [2.24, 2.45) is 11.3 Å². The van der Waals surface area contributed by atoms with E-state index in [1.165, 1.54) is 0 Å². The number of hydrogen-bond donors (Lipinski definition) is 1. The van der Waals surface area contributed by atoms with E-state index in [1.54, 1.807) is 17.1 Å². The Hall–Kier alpha value is -1.11. The summed E-state index contributed by atoms with van der Waals surface area (Å²) in [5.74, 6) is 0.287. The normalized spacial score (nSPS) is 25.3. The van der Waals surface area contributed by atoms with Crippen molar-refractivity contribution >= 4 is 15.1 Å². The maximum Gasteiger partial charge on any atom is 0.412 e. The van der Waals surface area contributed by atoms with Crippen LogP contribution >= 0.6 is 0 Å². The molecule has 0 aromatic carbocycles. The van der Waals surface area contributed by atoms with E-state index in [0.29, 0.717) is 13.0 Å². The summed E-state index contributed by atoms with van der Waals surface area (Å²) in [6.45, 7) is 14.9. The number of aliphatic hydroxyl groups excluding tert-OH is 1. The van der Waals surface area contributed by atoms with E-state index < -0.39 is 20.9 Å². The second-order valence-electron chi connectivity index (χ2n) is 7.34. The lowest BCUT2D eigenvalue weighted by atomic mass is 9.79. The van der Waals surface area contributed by atoms with E-state index in [4.69, 9.17) is 9.16 Å². The molecule has 0 radical (unpaired) electrons. The number of hydrogen-bond acceptors (Lipinski definition) is 4. The van der Waals surface area contributed by atoms with Crippen LogP contribution in [0, 0.1) is 11.3 Å². The van der Waals surface area contributed by atoms with Gasteiger partial charge in [-0.15, -0.1) is 0 Å². The van der Waals surface area contributed by atoms with E-state index in [9.17, 15) is 9.90 Å². The largest absolute Gasteiger partial charge is 0.445 e. The minimum Gasteiger partial charge on any atom is -0.445 e. The third-order valence-corrected chi connectivity index (χ3v) is 4.97. The number of likely N-dealkylation sites (tertiary alicyclic amines) is 1. The Bertz CT molecular complexity index is 444. The van der Waals surface area contributed by atoms with Crippen LogP contribution in [0.3, 0.4) is 0 Å². The number of aliphatic hydroxyl groups is 1. The third-order valence-electron chi connectivity index (χ3n) is 4.09. The van der Waals surface area contributed by atoms with Gasteiger partial charge >= 0.3 is 6.09 Å². The SMILES string of the molecule is C=CCOC(=O)N1C[C@@H](C(C)(C)C)C[C@@]1(C=CCO)O[SiH](C)C. The Kier molecular flexibility index (Phi) is 7.04. The molecule has 1 aliphatic rings. The summed E-state index contributed by atoms with van der Waals surface area (Å²) in [4.78, 5) is 14.2. The second-order valence-corrected chi connectivity index (χ2v) is 9.67. The first-order valence-corrected chi connectivity index (χ1v) is 11.0. The number of carbonyl (C=O) groups is 1. The molecule has 0 saturated carbocycles. The molecule has 1 aliphatic heterocycles. The monoisotopic (exact) mass is 341 g/mol. The maximum absolute atomic E-state index is 12.5. The van der Waals surface area contributed by atoms with Crippen LogP contribution in [0.4, 0.5) is 4.79 Å². The minimum atomic E-state index is -1.42. The van der Waals surface area contributed by atoms with Crippen LogP contribution in [0.5, 0.6) is 0 Å². The molecule has 1 fully saturated rings. The fraction of sp³-hybridized carbons (Fsp3) is 0.706. The van der Waals surface area contributed by atoms with Gasteiger partial charge in [0.1, 0.15) is 6.61 Å². The number of ether oxygens (including phenoxy) is 1. The molecule has 5 nitrogen and oxygen atoms in total. The molecule has 0 aliphatic carbocycles. The topological polar surface area (TPSA) is 59.0 Å². The summed E-state index contributed by atoms with van der Waals surface area (Å²) in [6, 6.07) is 0. The summed E-state index contributed by atoms with van der Waals surface area (Å²) in [5, 5.41) is 9.19. The van der Waals surface area contributed by atoms with Crippen LogP contribution in [0.15, 0.2) is 24.8 Å². The van der Waals surface area contributed by atoms with E-state index in [-0.39, 0.29) is 24.5 Å². The first kappa shape index (κ1) is 19.9. The van der Waals surface area contributed by atoms with Gasteiger partial charge in [-0.25, -0.2) is 4.79 Å². The first-order valence-electron chi connectivity index (χ1n) is 8.18. The van der Waals surface area contributed by atoms with Gasteiger partial charge in [0.05, 0.1) is 6.61 Å².